The number of phenolic OH excluding ortho intramolecular Hbond substituents is 1. The Morgan fingerprint density at radius 3 is 2.82 bits per heavy atom. The predicted molar refractivity (Wildman–Crippen MR) is 85.1 cm³/mol. The summed E-state index contributed by atoms with van der Waals surface area (Å²) in [6, 6.07) is 12.4. The molecule has 6 heteroatoms. The minimum absolute atomic E-state index is 0.0974. The van der Waals surface area contributed by atoms with Crippen molar-refractivity contribution >= 4 is 11.6 Å². The van der Waals surface area contributed by atoms with Crippen molar-refractivity contribution in [3.8, 4) is 34.3 Å². The molecule has 3 aromatic rings. The van der Waals surface area contributed by atoms with E-state index in [1.807, 2.05) is 19.1 Å². The monoisotopic (exact) mass is 315 g/mol. The standard InChI is InChI=1S/C16H14ClN3O2/c1-2-22-14-9-11(6-7-13(14)21)16-18-15(19-20-16)10-4-3-5-12(17)8-10/h3-9,21H,2H2,1H3,(H,18,19,20). The first-order valence-electron chi connectivity index (χ1n) is 6.82. The second kappa shape index (κ2) is 6.07. The smallest absolute Gasteiger partial charge is 0.181 e. The van der Waals surface area contributed by atoms with Gasteiger partial charge in [-0.2, -0.15) is 5.10 Å². The van der Waals surface area contributed by atoms with Crippen molar-refractivity contribution in [3.05, 3.63) is 47.5 Å². The average molecular weight is 316 g/mol. The van der Waals surface area contributed by atoms with Crippen LogP contribution in [0.4, 0.5) is 0 Å². The van der Waals surface area contributed by atoms with Crippen molar-refractivity contribution in [3.63, 3.8) is 0 Å². The molecule has 0 fully saturated rings. The molecule has 2 N–H and O–H groups in total. The third-order valence-corrected chi connectivity index (χ3v) is 3.34. The van der Waals surface area contributed by atoms with Crippen molar-refractivity contribution in [1.29, 1.82) is 0 Å². The van der Waals surface area contributed by atoms with E-state index < -0.39 is 0 Å². The third kappa shape index (κ3) is 2.89. The van der Waals surface area contributed by atoms with Crippen LogP contribution in [0.1, 0.15) is 6.92 Å². The number of nitrogens with one attached hydrogen (secondary N) is 1. The lowest BCUT2D eigenvalue weighted by Crippen LogP contribution is -1.92. The number of rotatable bonds is 4. The number of H-pyrrole nitrogens is 1. The number of aromatic nitrogens is 3. The molecule has 0 radical (unpaired) electrons. The van der Waals surface area contributed by atoms with Crippen LogP contribution in [0.5, 0.6) is 11.5 Å². The Labute approximate surface area is 132 Å². The summed E-state index contributed by atoms with van der Waals surface area (Å²) in [6.45, 7) is 2.33. The van der Waals surface area contributed by atoms with Crippen LogP contribution >= 0.6 is 11.6 Å². The predicted octanol–water partition coefficient (Wildman–Crippen LogP) is 3.90. The van der Waals surface area contributed by atoms with Crippen LogP contribution in [-0.2, 0) is 0 Å². The summed E-state index contributed by atoms with van der Waals surface area (Å²) in [5.74, 6) is 1.67. The van der Waals surface area contributed by atoms with Gasteiger partial charge in [-0.1, -0.05) is 23.7 Å². The fraction of sp³-hybridized carbons (Fsp3) is 0.125. The zero-order valence-corrected chi connectivity index (χ0v) is 12.6. The van der Waals surface area contributed by atoms with Gasteiger partial charge in [-0.05, 0) is 37.3 Å². The quantitative estimate of drug-likeness (QED) is 0.766. The summed E-state index contributed by atoms with van der Waals surface area (Å²) in [7, 11) is 0. The third-order valence-electron chi connectivity index (χ3n) is 3.10. The highest BCUT2D eigenvalue weighted by atomic mass is 35.5. The van der Waals surface area contributed by atoms with Gasteiger partial charge in [-0.15, -0.1) is 0 Å². The van der Waals surface area contributed by atoms with Crippen LogP contribution in [0, 0.1) is 0 Å². The van der Waals surface area contributed by atoms with Crippen LogP contribution in [0.3, 0.4) is 0 Å². The van der Waals surface area contributed by atoms with Gasteiger partial charge in [0.2, 0.25) is 0 Å². The van der Waals surface area contributed by atoms with E-state index in [2.05, 4.69) is 15.2 Å². The van der Waals surface area contributed by atoms with Crippen LogP contribution in [0.25, 0.3) is 22.8 Å². The van der Waals surface area contributed by atoms with E-state index >= 15 is 0 Å². The van der Waals surface area contributed by atoms with Crippen molar-refractivity contribution < 1.29 is 9.84 Å². The molecule has 22 heavy (non-hydrogen) atoms. The Hall–Kier alpha value is -2.53. The fourth-order valence-corrected chi connectivity index (χ4v) is 2.27. The van der Waals surface area contributed by atoms with Crippen LogP contribution in [0.15, 0.2) is 42.5 Å². The highest BCUT2D eigenvalue weighted by Gasteiger charge is 2.11. The summed E-state index contributed by atoms with van der Waals surface area (Å²) >= 11 is 5.98. The second-order valence-electron chi connectivity index (χ2n) is 4.63. The molecule has 0 bridgehead atoms. The number of nitrogens with zero attached hydrogens (tertiary/aromatic N) is 2. The van der Waals surface area contributed by atoms with Gasteiger partial charge in [0.05, 0.1) is 6.61 Å². The molecule has 0 unspecified atom stereocenters. The Morgan fingerprint density at radius 1 is 1.18 bits per heavy atom. The van der Waals surface area contributed by atoms with Gasteiger partial charge in [0.15, 0.2) is 23.1 Å². The first kappa shape index (κ1) is 14.4. The minimum atomic E-state index is 0.0974. The van der Waals surface area contributed by atoms with Crippen LogP contribution < -0.4 is 4.74 Å². The number of aromatic amines is 1. The number of benzene rings is 2. The molecule has 5 nitrogen and oxygen atoms in total. The van der Waals surface area contributed by atoms with Gasteiger partial charge in [0.1, 0.15) is 0 Å². The molecule has 0 aliphatic carbocycles. The summed E-state index contributed by atoms with van der Waals surface area (Å²) in [5, 5.41) is 17.5. The maximum Gasteiger partial charge on any atom is 0.181 e. The number of halogens is 1. The zero-order chi connectivity index (χ0) is 15.5. The van der Waals surface area contributed by atoms with Gasteiger partial charge < -0.3 is 9.84 Å². The SMILES string of the molecule is CCOc1cc(-c2nc(-c3cccc(Cl)c3)n[nH]2)ccc1O. The Kier molecular flexibility index (Phi) is 3.98. The van der Waals surface area contributed by atoms with Crippen LogP contribution in [-0.4, -0.2) is 26.9 Å². The first-order chi connectivity index (χ1) is 10.7. The molecule has 0 aliphatic rings. The summed E-state index contributed by atoms with van der Waals surface area (Å²) < 4.78 is 5.38. The van der Waals surface area contributed by atoms with Crippen molar-refractivity contribution in [2.45, 2.75) is 6.92 Å². The summed E-state index contributed by atoms with van der Waals surface area (Å²) in [6.07, 6.45) is 0. The lowest BCUT2D eigenvalue weighted by molar-refractivity contribution is 0.318. The number of ether oxygens (including phenoxy) is 1. The average Bonchev–Trinajstić information content (AvgIpc) is 3.00. The van der Waals surface area contributed by atoms with Crippen LogP contribution in [0.2, 0.25) is 5.02 Å². The molecular formula is C16H14ClN3O2. The zero-order valence-electron chi connectivity index (χ0n) is 11.9. The van der Waals surface area contributed by atoms with E-state index in [0.717, 1.165) is 11.1 Å². The van der Waals surface area contributed by atoms with Gasteiger partial charge in [0, 0.05) is 16.1 Å². The minimum Gasteiger partial charge on any atom is -0.504 e. The molecule has 3 rings (SSSR count). The van der Waals surface area contributed by atoms with E-state index in [9.17, 15) is 5.11 Å². The molecule has 0 spiro atoms. The van der Waals surface area contributed by atoms with E-state index in [4.69, 9.17) is 16.3 Å². The van der Waals surface area contributed by atoms with E-state index in [-0.39, 0.29) is 5.75 Å². The van der Waals surface area contributed by atoms with Gasteiger partial charge in [-0.3, -0.25) is 5.10 Å². The Morgan fingerprint density at radius 2 is 2.05 bits per heavy atom. The highest BCUT2D eigenvalue weighted by Crippen LogP contribution is 2.31. The van der Waals surface area contributed by atoms with E-state index in [0.29, 0.717) is 29.0 Å². The highest BCUT2D eigenvalue weighted by molar-refractivity contribution is 6.30. The lowest BCUT2D eigenvalue weighted by Gasteiger charge is -2.06. The molecule has 0 amide bonds. The lowest BCUT2D eigenvalue weighted by atomic mass is 10.2. The molecular weight excluding hydrogens is 302 g/mol. The topological polar surface area (TPSA) is 71.0 Å². The molecule has 1 aromatic heterocycles. The fourth-order valence-electron chi connectivity index (χ4n) is 2.08. The van der Waals surface area contributed by atoms with E-state index in [1.54, 1.807) is 30.3 Å². The van der Waals surface area contributed by atoms with Crippen molar-refractivity contribution in [2.24, 2.45) is 0 Å². The number of phenols is 1. The molecule has 0 atom stereocenters. The molecule has 112 valence electrons. The van der Waals surface area contributed by atoms with Gasteiger partial charge in [0.25, 0.3) is 0 Å². The first-order valence-corrected chi connectivity index (χ1v) is 7.19. The van der Waals surface area contributed by atoms with Crippen molar-refractivity contribution in [2.75, 3.05) is 6.61 Å². The maximum absolute atomic E-state index is 9.74. The molecule has 0 saturated heterocycles. The molecule has 0 saturated carbocycles. The molecule has 1 heterocycles. The summed E-state index contributed by atoms with van der Waals surface area (Å²) in [5.41, 5.74) is 1.61. The van der Waals surface area contributed by atoms with Gasteiger partial charge >= 0.3 is 0 Å². The normalized spacial score (nSPS) is 10.6. The molecule has 2 aromatic carbocycles. The maximum atomic E-state index is 9.74. The van der Waals surface area contributed by atoms with Crippen molar-refractivity contribution in [1.82, 2.24) is 15.2 Å². The molecule has 0 aliphatic heterocycles. The van der Waals surface area contributed by atoms with E-state index in [1.165, 1.54) is 0 Å². The summed E-state index contributed by atoms with van der Waals surface area (Å²) in [4.78, 5) is 4.46. The largest absolute Gasteiger partial charge is 0.504 e. The number of aromatic hydroxyl groups is 1. The Bertz CT molecular complexity index is 802. The van der Waals surface area contributed by atoms with Gasteiger partial charge in [-0.25, -0.2) is 4.98 Å². The second-order valence-corrected chi connectivity index (χ2v) is 5.07. The Balaban J connectivity index is 1.95. The number of hydrogen-bond acceptors (Lipinski definition) is 4. The number of hydrogen-bond donors (Lipinski definition) is 2.